The Morgan fingerprint density at radius 3 is 2.54 bits per heavy atom. The highest BCUT2D eigenvalue weighted by Crippen LogP contribution is 2.35. The molecule has 0 fully saturated rings. The number of hydrogen-bond acceptors (Lipinski definition) is 4. The highest BCUT2D eigenvalue weighted by atomic mass is 35.5. The Morgan fingerprint density at radius 1 is 0.917 bits per heavy atom. The average molecular weight is 373 g/mol. The molecule has 0 saturated carbocycles. The van der Waals surface area contributed by atoms with Crippen LogP contribution in [0.4, 0.5) is 0 Å². The van der Waals surface area contributed by atoms with Gasteiger partial charge < -0.3 is 4.42 Å². The lowest BCUT2D eigenvalue weighted by atomic mass is 10.3. The number of halogens is 2. The molecule has 2 heterocycles. The summed E-state index contributed by atoms with van der Waals surface area (Å²) in [4.78, 5) is 10.0. The Hall–Kier alpha value is -2.01. The van der Waals surface area contributed by atoms with Crippen molar-refractivity contribution in [3.8, 4) is 11.5 Å². The van der Waals surface area contributed by atoms with Crippen LogP contribution < -0.4 is 0 Å². The molecule has 0 saturated heterocycles. The summed E-state index contributed by atoms with van der Waals surface area (Å²) in [5, 5.41) is 2.15. The van der Waals surface area contributed by atoms with Gasteiger partial charge in [0.2, 0.25) is 5.89 Å². The van der Waals surface area contributed by atoms with E-state index >= 15 is 0 Å². The number of aromatic nitrogens is 2. The van der Waals surface area contributed by atoms with Crippen molar-refractivity contribution in [3.63, 3.8) is 0 Å². The largest absolute Gasteiger partial charge is 0.436 e. The molecule has 0 aliphatic heterocycles. The van der Waals surface area contributed by atoms with Crippen molar-refractivity contribution in [3.05, 3.63) is 70.8 Å². The Kier molecular flexibility index (Phi) is 4.19. The van der Waals surface area contributed by atoms with Gasteiger partial charge in [-0.3, -0.25) is 0 Å². The van der Waals surface area contributed by atoms with E-state index in [1.165, 1.54) is 11.8 Å². The summed E-state index contributed by atoms with van der Waals surface area (Å²) in [6.07, 6.45) is 1.75. The van der Waals surface area contributed by atoms with Crippen LogP contribution in [0.1, 0.15) is 0 Å². The Bertz CT molecular complexity index is 1020. The van der Waals surface area contributed by atoms with Gasteiger partial charge in [-0.25, -0.2) is 9.97 Å². The van der Waals surface area contributed by atoms with E-state index in [4.69, 9.17) is 27.6 Å². The third-order valence-corrected chi connectivity index (χ3v) is 4.89. The fraction of sp³-hybridized carbons (Fsp3) is 0. The van der Waals surface area contributed by atoms with Crippen molar-refractivity contribution in [2.24, 2.45) is 0 Å². The average Bonchev–Trinajstić information content (AvgIpc) is 3.00. The first kappa shape index (κ1) is 15.5. The molecule has 0 aliphatic rings. The molecule has 24 heavy (non-hydrogen) atoms. The number of rotatable bonds is 3. The molecule has 0 amide bonds. The fourth-order valence-corrected chi connectivity index (χ4v) is 3.43. The molecule has 0 atom stereocenters. The second kappa shape index (κ2) is 6.48. The first-order valence-corrected chi connectivity index (χ1v) is 8.71. The smallest absolute Gasteiger partial charge is 0.230 e. The van der Waals surface area contributed by atoms with Crippen LogP contribution in [0, 0.1) is 0 Å². The van der Waals surface area contributed by atoms with Crippen LogP contribution in [0.2, 0.25) is 10.0 Å². The molecule has 4 rings (SSSR count). The van der Waals surface area contributed by atoms with Gasteiger partial charge in [0.25, 0.3) is 0 Å². The predicted molar refractivity (Wildman–Crippen MR) is 97.8 cm³/mol. The van der Waals surface area contributed by atoms with Gasteiger partial charge in [0.15, 0.2) is 5.58 Å². The van der Waals surface area contributed by atoms with E-state index in [-0.39, 0.29) is 0 Å². The Balaban J connectivity index is 1.75. The number of nitrogens with zero attached hydrogens (tertiary/aromatic N) is 2. The van der Waals surface area contributed by atoms with Crippen LogP contribution in [0.3, 0.4) is 0 Å². The Morgan fingerprint density at radius 2 is 1.71 bits per heavy atom. The first-order valence-electron chi connectivity index (χ1n) is 7.14. The maximum atomic E-state index is 6.02. The molecule has 0 aliphatic carbocycles. The normalized spacial score (nSPS) is 11.1. The fourth-order valence-electron chi connectivity index (χ4n) is 2.26. The summed E-state index contributed by atoms with van der Waals surface area (Å²) in [5.74, 6) is 0.525. The SMILES string of the molecule is Clc1ccc(Sc2ncccc2-c2nc3cc(Cl)ccc3o2)cc1. The molecular weight excluding hydrogens is 363 g/mol. The number of oxazole rings is 1. The summed E-state index contributed by atoms with van der Waals surface area (Å²) in [6, 6.07) is 16.8. The third kappa shape index (κ3) is 3.13. The molecule has 2 aromatic heterocycles. The highest BCUT2D eigenvalue weighted by molar-refractivity contribution is 7.99. The molecule has 4 aromatic rings. The van der Waals surface area contributed by atoms with Crippen LogP contribution >= 0.6 is 35.0 Å². The second-order valence-corrected chi connectivity index (χ2v) is 6.98. The molecule has 0 radical (unpaired) electrons. The van der Waals surface area contributed by atoms with Gasteiger partial charge in [0.05, 0.1) is 5.56 Å². The van der Waals surface area contributed by atoms with Gasteiger partial charge >= 0.3 is 0 Å². The molecule has 3 nitrogen and oxygen atoms in total. The lowest BCUT2D eigenvalue weighted by Gasteiger charge is -2.05. The zero-order valence-electron chi connectivity index (χ0n) is 12.2. The molecular formula is C18H10Cl2N2OS. The van der Waals surface area contributed by atoms with Gasteiger partial charge in [-0.1, -0.05) is 35.0 Å². The summed E-state index contributed by atoms with van der Waals surface area (Å²) >= 11 is 13.5. The van der Waals surface area contributed by atoms with Crippen LogP contribution in [0.5, 0.6) is 0 Å². The van der Waals surface area contributed by atoms with E-state index in [1.54, 1.807) is 18.3 Å². The van der Waals surface area contributed by atoms with E-state index in [0.717, 1.165) is 21.0 Å². The van der Waals surface area contributed by atoms with Crippen molar-refractivity contribution < 1.29 is 4.42 Å². The molecule has 2 aromatic carbocycles. The van der Waals surface area contributed by atoms with Crippen LogP contribution in [-0.2, 0) is 0 Å². The highest BCUT2D eigenvalue weighted by Gasteiger charge is 2.14. The number of pyridine rings is 1. The molecule has 0 bridgehead atoms. The minimum absolute atomic E-state index is 0.525. The summed E-state index contributed by atoms with van der Waals surface area (Å²) in [6.45, 7) is 0. The van der Waals surface area contributed by atoms with Crippen molar-refractivity contribution in [1.82, 2.24) is 9.97 Å². The molecule has 118 valence electrons. The van der Waals surface area contributed by atoms with E-state index < -0.39 is 0 Å². The minimum atomic E-state index is 0.525. The van der Waals surface area contributed by atoms with Crippen molar-refractivity contribution in [1.29, 1.82) is 0 Å². The third-order valence-electron chi connectivity index (χ3n) is 3.38. The lowest BCUT2D eigenvalue weighted by Crippen LogP contribution is -1.86. The summed E-state index contributed by atoms with van der Waals surface area (Å²) < 4.78 is 5.86. The van der Waals surface area contributed by atoms with E-state index in [2.05, 4.69) is 9.97 Å². The minimum Gasteiger partial charge on any atom is -0.436 e. The second-order valence-electron chi connectivity index (χ2n) is 5.04. The van der Waals surface area contributed by atoms with Crippen LogP contribution in [0.15, 0.2) is 75.1 Å². The first-order chi connectivity index (χ1) is 11.7. The van der Waals surface area contributed by atoms with Crippen molar-refractivity contribution in [2.75, 3.05) is 0 Å². The quantitative estimate of drug-likeness (QED) is 0.420. The topological polar surface area (TPSA) is 38.9 Å². The van der Waals surface area contributed by atoms with Crippen molar-refractivity contribution >= 4 is 46.1 Å². The van der Waals surface area contributed by atoms with E-state index in [1.807, 2.05) is 42.5 Å². The zero-order chi connectivity index (χ0) is 16.5. The zero-order valence-corrected chi connectivity index (χ0v) is 14.6. The van der Waals surface area contributed by atoms with Gasteiger partial charge in [-0.2, -0.15) is 0 Å². The number of fused-ring (bicyclic) bond motifs is 1. The van der Waals surface area contributed by atoms with Gasteiger partial charge in [0, 0.05) is 21.1 Å². The maximum absolute atomic E-state index is 6.02. The standard InChI is InChI=1S/C18H10Cl2N2OS/c19-11-3-6-13(7-4-11)24-18-14(2-1-9-21-18)17-22-15-10-12(20)5-8-16(15)23-17/h1-10H. The van der Waals surface area contributed by atoms with Gasteiger partial charge in [-0.15, -0.1) is 0 Å². The van der Waals surface area contributed by atoms with Crippen molar-refractivity contribution in [2.45, 2.75) is 9.92 Å². The molecule has 0 N–H and O–H groups in total. The summed E-state index contributed by atoms with van der Waals surface area (Å²) in [7, 11) is 0. The van der Waals surface area contributed by atoms with E-state index in [0.29, 0.717) is 21.5 Å². The van der Waals surface area contributed by atoms with Gasteiger partial charge in [0.1, 0.15) is 10.5 Å². The molecule has 0 spiro atoms. The maximum Gasteiger partial charge on any atom is 0.230 e. The number of hydrogen-bond donors (Lipinski definition) is 0. The summed E-state index contributed by atoms with van der Waals surface area (Å²) in [5.41, 5.74) is 2.26. The lowest BCUT2D eigenvalue weighted by molar-refractivity contribution is 0.617. The van der Waals surface area contributed by atoms with Crippen LogP contribution in [0.25, 0.3) is 22.6 Å². The molecule has 0 unspecified atom stereocenters. The van der Waals surface area contributed by atoms with Gasteiger partial charge in [-0.05, 0) is 54.6 Å². The number of benzene rings is 2. The van der Waals surface area contributed by atoms with E-state index in [9.17, 15) is 0 Å². The molecule has 6 heteroatoms. The monoisotopic (exact) mass is 372 g/mol. The predicted octanol–water partition coefficient (Wildman–Crippen LogP) is 6.35. The Labute approximate surface area is 152 Å². The van der Waals surface area contributed by atoms with Crippen LogP contribution in [-0.4, -0.2) is 9.97 Å².